The Morgan fingerprint density at radius 3 is 2.52 bits per heavy atom. The zero-order valence-corrected chi connectivity index (χ0v) is 18.6. The van der Waals surface area contributed by atoms with Crippen molar-refractivity contribution in [2.75, 3.05) is 25.1 Å². The lowest BCUT2D eigenvalue weighted by molar-refractivity contribution is 0.414. The molecule has 1 aromatic heterocycles. The lowest BCUT2D eigenvalue weighted by atomic mass is 9.99. The van der Waals surface area contributed by atoms with E-state index in [0.29, 0.717) is 22.9 Å². The van der Waals surface area contributed by atoms with Gasteiger partial charge in [-0.15, -0.1) is 0 Å². The topological polar surface area (TPSA) is 68.6 Å². The van der Waals surface area contributed by atoms with Crippen molar-refractivity contribution >= 4 is 26.4 Å². The van der Waals surface area contributed by atoms with Gasteiger partial charge in [0.1, 0.15) is 16.5 Å². The van der Waals surface area contributed by atoms with E-state index in [2.05, 4.69) is 6.92 Å². The Morgan fingerprint density at radius 1 is 1.16 bits per heavy atom. The molecular formula is C23H25FN2O4S. The van der Waals surface area contributed by atoms with E-state index in [0.717, 1.165) is 25.9 Å². The van der Waals surface area contributed by atoms with Gasteiger partial charge in [-0.3, -0.25) is 4.79 Å². The highest BCUT2D eigenvalue weighted by molar-refractivity contribution is 7.91. The minimum absolute atomic E-state index is 0.0239. The quantitative estimate of drug-likeness (QED) is 0.613. The monoisotopic (exact) mass is 444 g/mol. The van der Waals surface area contributed by atoms with Crippen LogP contribution < -0.4 is 15.1 Å². The van der Waals surface area contributed by atoms with E-state index in [-0.39, 0.29) is 15.2 Å². The normalized spacial score (nSPS) is 17.2. The number of fused-ring (bicyclic) bond motifs is 1. The van der Waals surface area contributed by atoms with Crippen LogP contribution in [0, 0.1) is 11.7 Å². The molecule has 0 N–H and O–H groups in total. The number of aryl methyl sites for hydroxylation is 1. The van der Waals surface area contributed by atoms with E-state index in [4.69, 9.17) is 4.74 Å². The first-order chi connectivity index (χ1) is 14.7. The number of methoxy groups -OCH3 is 1. The number of rotatable bonds is 4. The van der Waals surface area contributed by atoms with Crippen LogP contribution in [0.5, 0.6) is 5.75 Å². The van der Waals surface area contributed by atoms with Crippen LogP contribution in [0.25, 0.3) is 10.9 Å². The molecule has 2 aromatic carbocycles. The molecule has 0 saturated carbocycles. The molecule has 4 rings (SSSR count). The lowest BCUT2D eigenvalue weighted by Gasteiger charge is -2.33. The van der Waals surface area contributed by atoms with E-state index in [1.54, 1.807) is 17.7 Å². The number of hydrogen-bond acceptors (Lipinski definition) is 5. The molecular weight excluding hydrogens is 419 g/mol. The van der Waals surface area contributed by atoms with Crippen LogP contribution in [0.1, 0.15) is 19.8 Å². The summed E-state index contributed by atoms with van der Waals surface area (Å²) in [6, 6.07) is 8.62. The van der Waals surface area contributed by atoms with Gasteiger partial charge >= 0.3 is 0 Å². The number of sulfone groups is 1. The molecule has 8 heteroatoms. The van der Waals surface area contributed by atoms with Crippen molar-refractivity contribution in [1.29, 1.82) is 0 Å². The molecule has 3 aromatic rings. The summed E-state index contributed by atoms with van der Waals surface area (Å²) < 4.78 is 47.9. The Morgan fingerprint density at radius 2 is 1.87 bits per heavy atom. The molecule has 1 fully saturated rings. The van der Waals surface area contributed by atoms with Gasteiger partial charge in [-0.2, -0.15) is 0 Å². The van der Waals surface area contributed by atoms with Gasteiger partial charge in [-0.25, -0.2) is 12.8 Å². The van der Waals surface area contributed by atoms with Gasteiger partial charge in [0.05, 0.1) is 28.6 Å². The first kappa shape index (κ1) is 21.4. The third-order valence-electron chi connectivity index (χ3n) is 5.88. The second-order valence-electron chi connectivity index (χ2n) is 8.13. The summed E-state index contributed by atoms with van der Waals surface area (Å²) in [5.41, 5.74) is 0.231. The number of ether oxygens (including phenoxy) is 1. The van der Waals surface area contributed by atoms with Crippen molar-refractivity contribution in [2.24, 2.45) is 13.0 Å². The molecule has 0 aliphatic carbocycles. The maximum absolute atomic E-state index is 15.0. The second kappa shape index (κ2) is 8.00. The van der Waals surface area contributed by atoms with Crippen molar-refractivity contribution in [3.8, 4) is 5.75 Å². The number of aromatic nitrogens is 1. The number of halogens is 1. The predicted molar refractivity (Wildman–Crippen MR) is 118 cm³/mol. The third-order valence-corrected chi connectivity index (χ3v) is 7.64. The fourth-order valence-electron chi connectivity index (χ4n) is 4.19. The van der Waals surface area contributed by atoms with Crippen molar-refractivity contribution in [1.82, 2.24) is 4.57 Å². The summed E-state index contributed by atoms with van der Waals surface area (Å²) in [6.45, 7) is 3.64. The zero-order valence-electron chi connectivity index (χ0n) is 17.8. The summed E-state index contributed by atoms with van der Waals surface area (Å²) in [6.07, 6.45) is 3.40. The van der Waals surface area contributed by atoms with Crippen LogP contribution in [0.2, 0.25) is 0 Å². The van der Waals surface area contributed by atoms with Crippen molar-refractivity contribution in [2.45, 2.75) is 29.6 Å². The molecule has 0 radical (unpaired) electrons. The first-order valence-electron chi connectivity index (χ1n) is 10.2. The molecule has 1 saturated heterocycles. The molecule has 6 nitrogen and oxygen atoms in total. The summed E-state index contributed by atoms with van der Waals surface area (Å²) in [4.78, 5) is 14.7. The molecule has 0 spiro atoms. The molecule has 31 heavy (non-hydrogen) atoms. The Hall–Kier alpha value is -2.87. The van der Waals surface area contributed by atoms with E-state index in [1.165, 1.54) is 43.6 Å². The van der Waals surface area contributed by atoms with Crippen LogP contribution in [0.4, 0.5) is 10.1 Å². The maximum atomic E-state index is 15.0. The zero-order chi connectivity index (χ0) is 22.3. The number of benzene rings is 2. The fourth-order valence-corrected chi connectivity index (χ4v) is 5.58. The highest BCUT2D eigenvalue weighted by atomic mass is 32.2. The Balaban J connectivity index is 1.85. The Labute approximate surface area is 180 Å². The highest BCUT2D eigenvalue weighted by Gasteiger charge is 2.25. The minimum atomic E-state index is -4.08. The maximum Gasteiger partial charge on any atom is 0.211 e. The number of nitrogens with zero attached hydrogens (tertiary/aromatic N) is 2. The van der Waals surface area contributed by atoms with Crippen LogP contribution in [0.15, 0.2) is 57.2 Å². The summed E-state index contributed by atoms with van der Waals surface area (Å²) in [7, 11) is -0.937. The number of piperidine rings is 1. The first-order valence-corrected chi connectivity index (χ1v) is 11.7. The van der Waals surface area contributed by atoms with Gasteiger partial charge < -0.3 is 14.2 Å². The Bertz CT molecular complexity index is 1300. The van der Waals surface area contributed by atoms with Gasteiger partial charge in [-0.1, -0.05) is 6.92 Å². The van der Waals surface area contributed by atoms with Crippen LogP contribution in [0.3, 0.4) is 0 Å². The number of pyridine rings is 1. The second-order valence-corrected chi connectivity index (χ2v) is 10.0. The molecule has 164 valence electrons. The van der Waals surface area contributed by atoms with Crippen LogP contribution in [-0.4, -0.2) is 33.2 Å². The molecule has 0 amide bonds. The largest absolute Gasteiger partial charge is 0.497 e. The highest BCUT2D eigenvalue weighted by Crippen LogP contribution is 2.30. The van der Waals surface area contributed by atoms with Gasteiger partial charge in [0.15, 0.2) is 0 Å². The van der Waals surface area contributed by atoms with E-state index >= 15 is 4.39 Å². The molecule has 1 atom stereocenters. The van der Waals surface area contributed by atoms with Crippen molar-refractivity contribution in [3.05, 3.63) is 58.6 Å². The standard InChI is InChI=1S/C23H25FN2O4S/c1-15-5-4-10-26(13-15)21-12-20-18(11-19(21)24)23(27)22(14-25(20)2)31(28,29)17-8-6-16(30-3)7-9-17/h6-9,11-12,14-15H,4-5,10,13H2,1-3H3/t15-/m1/s1. The van der Waals surface area contributed by atoms with Crippen LogP contribution >= 0.6 is 0 Å². The van der Waals surface area contributed by atoms with Gasteiger partial charge in [0.2, 0.25) is 15.3 Å². The smallest absolute Gasteiger partial charge is 0.211 e. The van der Waals surface area contributed by atoms with Gasteiger partial charge in [-0.05, 0) is 55.2 Å². The molecule has 0 bridgehead atoms. The van der Waals surface area contributed by atoms with Crippen molar-refractivity contribution in [3.63, 3.8) is 0 Å². The van der Waals surface area contributed by atoms with Crippen LogP contribution in [-0.2, 0) is 16.9 Å². The molecule has 1 aliphatic heterocycles. The van der Waals surface area contributed by atoms with E-state index in [1.807, 2.05) is 4.90 Å². The molecule has 1 aliphatic rings. The average Bonchev–Trinajstić information content (AvgIpc) is 2.75. The molecule has 0 unspecified atom stereocenters. The summed E-state index contributed by atoms with van der Waals surface area (Å²) in [5.74, 6) is 0.453. The van der Waals surface area contributed by atoms with Gasteiger partial charge in [0, 0.05) is 26.3 Å². The summed E-state index contributed by atoms with van der Waals surface area (Å²) >= 11 is 0. The predicted octanol–water partition coefficient (Wildman–Crippen LogP) is 3.76. The number of hydrogen-bond donors (Lipinski definition) is 0. The van der Waals surface area contributed by atoms with Gasteiger partial charge in [0.25, 0.3) is 0 Å². The Kier molecular flexibility index (Phi) is 5.51. The van der Waals surface area contributed by atoms with E-state index < -0.39 is 21.1 Å². The minimum Gasteiger partial charge on any atom is -0.497 e. The molecule has 2 heterocycles. The van der Waals surface area contributed by atoms with Crippen molar-refractivity contribution < 1.29 is 17.5 Å². The SMILES string of the molecule is COc1ccc(S(=O)(=O)c2cn(C)c3cc(N4CCC[C@@H](C)C4)c(F)cc3c2=O)cc1. The lowest BCUT2D eigenvalue weighted by Crippen LogP contribution is -2.35. The third kappa shape index (κ3) is 3.80. The number of anilines is 1. The summed E-state index contributed by atoms with van der Waals surface area (Å²) in [5, 5.41) is 0.0448. The fraction of sp³-hybridized carbons (Fsp3) is 0.348. The average molecular weight is 445 g/mol. The van der Waals surface area contributed by atoms with E-state index in [9.17, 15) is 13.2 Å².